The molecule has 0 aromatic heterocycles. The number of carbonyl (C=O) groups excluding carboxylic acids is 1. The number of Topliss-reactive ketones (excluding diaryl/α,β-unsaturated/α-hetero) is 1. The van der Waals surface area contributed by atoms with Crippen LogP contribution in [0.4, 0.5) is 0 Å². The number of ketones is 1. The van der Waals surface area contributed by atoms with Gasteiger partial charge in [-0.25, -0.2) is 8.42 Å². The van der Waals surface area contributed by atoms with Gasteiger partial charge in [0, 0.05) is 23.8 Å². The Morgan fingerprint density at radius 1 is 0.867 bits per heavy atom. The molecule has 1 N–H and O–H groups in total. The minimum Gasteiger partial charge on any atom is -0.383 e. The van der Waals surface area contributed by atoms with Crippen molar-refractivity contribution in [2.24, 2.45) is 0 Å². The molecule has 0 bridgehead atoms. The maximum atomic E-state index is 13.8. The van der Waals surface area contributed by atoms with Gasteiger partial charge in [-0.2, -0.15) is 0 Å². The van der Waals surface area contributed by atoms with Crippen molar-refractivity contribution < 1.29 is 18.3 Å². The number of carbonyl (C=O) groups is 1. The van der Waals surface area contributed by atoms with Crippen molar-refractivity contribution in [1.82, 2.24) is 0 Å². The van der Waals surface area contributed by atoms with E-state index in [0.29, 0.717) is 16.1 Å². The van der Waals surface area contributed by atoms with Crippen molar-refractivity contribution in [3.8, 4) is 0 Å². The highest BCUT2D eigenvalue weighted by Gasteiger charge is 2.55. The molecule has 0 saturated heterocycles. The minimum absolute atomic E-state index is 0.0352. The van der Waals surface area contributed by atoms with Crippen molar-refractivity contribution in [2.45, 2.75) is 34.5 Å². The summed E-state index contributed by atoms with van der Waals surface area (Å²) in [6.45, 7) is 0. The van der Waals surface area contributed by atoms with E-state index in [9.17, 15) is 18.3 Å². The number of hydrogen-bond donors (Lipinski definition) is 1. The first-order valence-electron chi connectivity index (χ1n) is 9.66. The summed E-state index contributed by atoms with van der Waals surface area (Å²) in [5.74, 6) is -0.889. The summed E-state index contributed by atoms with van der Waals surface area (Å²) in [5, 5.41) is 11.1. The zero-order valence-electron chi connectivity index (χ0n) is 16.1. The van der Waals surface area contributed by atoms with Crippen LogP contribution in [0.15, 0.2) is 89.8 Å². The van der Waals surface area contributed by atoms with E-state index in [1.165, 1.54) is 12.1 Å². The van der Waals surface area contributed by atoms with Crippen LogP contribution in [0.1, 0.15) is 29.9 Å². The molecule has 0 spiro atoms. The van der Waals surface area contributed by atoms with Crippen LogP contribution in [0, 0.1) is 0 Å². The van der Waals surface area contributed by atoms with Crippen molar-refractivity contribution in [3.63, 3.8) is 0 Å². The van der Waals surface area contributed by atoms with E-state index in [0.717, 1.165) is 0 Å². The smallest absolute Gasteiger partial charge is 0.185 e. The van der Waals surface area contributed by atoms with Gasteiger partial charge in [-0.05, 0) is 35.4 Å². The van der Waals surface area contributed by atoms with Crippen molar-refractivity contribution >= 4 is 27.2 Å². The Kier molecular flexibility index (Phi) is 5.53. The van der Waals surface area contributed by atoms with Gasteiger partial charge in [-0.1, -0.05) is 72.3 Å². The fourth-order valence-corrected chi connectivity index (χ4v) is 6.76. The van der Waals surface area contributed by atoms with Gasteiger partial charge in [0.05, 0.1) is 4.90 Å². The van der Waals surface area contributed by atoms with E-state index in [-0.39, 0.29) is 23.5 Å². The summed E-state index contributed by atoms with van der Waals surface area (Å²) < 4.78 is 27.7. The van der Waals surface area contributed by atoms with Crippen LogP contribution in [0.3, 0.4) is 0 Å². The second-order valence-electron chi connectivity index (χ2n) is 7.65. The first-order valence-corrected chi connectivity index (χ1v) is 11.6. The molecule has 4 rings (SSSR count). The van der Waals surface area contributed by atoms with Crippen LogP contribution in [0.25, 0.3) is 0 Å². The number of hydrogen-bond acceptors (Lipinski definition) is 4. The number of rotatable bonds is 4. The van der Waals surface area contributed by atoms with Crippen LogP contribution in [-0.4, -0.2) is 24.6 Å². The van der Waals surface area contributed by atoms with Crippen molar-refractivity contribution in [2.75, 3.05) is 0 Å². The number of benzene rings is 3. The largest absolute Gasteiger partial charge is 0.383 e. The molecule has 1 aliphatic rings. The molecule has 3 aromatic rings. The van der Waals surface area contributed by atoms with Gasteiger partial charge in [0.2, 0.25) is 0 Å². The number of halogens is 1. The molecule has 0 unspecified atom stereocenters. The summed E-state index contributed by atoms with van der Waals surface area (Å²) >= 11 is 6.02. The van der Waals surface area contributed by atoms with Gasteiger partial charge < -0.3 is 5.11 Å². The molecule has 3 atom stereocenters. The monoisotopic (exact) mass is 440 g/mol. The third-order valence-electron chi connectivity index (χ3n) is 5.73. The topological polar surface area (TPSA) is 71.4 Å². The Balaban J connectivity index is 1.95. The van der Waals surface area contributed by atoms with Crippen LogP contribution in [0.2, 0.25) is 5.02 Å². The predicted octanol–water partition coefficient (Wildman–Crippen LogP) is 4.52. The number of sulfone groups is 1. The molecule has 3 aromatic carbocycles. The highest BCUT2D eigenvalue weighted by molar-refractivity contribution is 7.92. The SMILES string of the molecule is O=C1C[C@@H](c2ccc(Cl)cc2)[C@H](S(=O)(=O)c2ccccc2)[C@@](O)(c2ccccc2)C1. The second kappa shape index (κ2) is 7.99. The van der Waals surface area contributed by atoms with Crippen molar-refractivity contribution in [1.29, 1.82) is 0 Å². The molecular formula is C24H21ClO4S. The van der Waals surface area contributed by atoms with Crippen LogP contribution >= 0.6 is 11.6 Å². The number of aliphatic hydroxyl groups is 1. The van der Waals surface area contributed by atoms with E-state index in [2.05, 4.69) is 0 Å². The fraction of sp³-hybridized carbons (Fsp3) is 0.208. The lowest BCUT2D eigenvalue weighted by Crippen LogP contribution is -2.53. The summed E-state index contributed by atoms with van der Waals surface area (Å²) in [7, 11) is -3.98. The molecule has 154 valence electrons. The quantitative estimate of drug-likeness (QED) is 0.647. The van der Waals surface area contributed by atoms with E-state index >= 15 is 0 Å². The molecule has 6 heteroatoms. The fourth-order valence-electron chi connectivity index (χ4n) is 4.38. The van der Waals surface area contributed by atoms with Gasteiger partial charge in [0.1, 0.15) is 16.6 Å². The molecule has 0 heterocycles. The Hall–Kier alpha value is -2.47. The molecule has 0 aliphatic heterocycles. The predicted molar refractivity (Wildman–Crippen MR) is 116 cm³/mol. The van der Waals surface area contributed by atoms with Gasteiger partial charge in [-0.3, -0.25) is 4.79 Å². The van der Waals surface area contributed by atoms with E-state index in [1.807, 2.05) is 0 Å². The Bertz CT molecular complexity index is 1140. The van der Waals surface area contributed by atoms with Crippen LogP contribution in [-0.2, 0) is 20.2 Å². The highest BCUT2D eigenvalue weighted by atomic mass is 35.5. The van der Waals surface area contributed by atoms with Crippen molar-refractivity contribution in [3.05, 3.63) is 101 Å². The lowest BCUT2D eigenvalue weighted by molar-refractivity contribution is -0.129. The maximum Gasteiger partial charge on any atom is 0.185 e. The van der Waals surface area contributed by atoms with Gasteiger partial charge in [-0.15, -0.1) is 0 Å². The maximum absolute atomic E-state index is 13.8. The zero-order valence-corrected chi connectivity index (χ0v) is 17.7. The van der Waals surface area contributed by atoms with Gasteiger partial charge in [0.15, 0.2) is 9.84 Å². The first kappa shape index (κ1) is 20.8. The molecule has 1 fully saturated rings. The lowest BCUT2D eigenvalue weighted by atomic mass is 9.71. The molecule has 30 heavy (non-hydrogen) atoms. The Morgan fingerprint density at radius 2 is 1.43 bits per heavy atom. The lowest BCUT2D eigenvalue weighted by Gasteiger charge is -2.44. The Morgan fingerprint density at radius 3 is 2.03 bits per heavy atom. The molecule has 4 nitrogen and oxygen atoms in total. The normalized spacial score (nSPS) is 24.5. The molecule has 1 aliphatic carbocycles. The third kappa shape index (κ3) is 3.69. The standard InChI is InChI=1S/C24H21ClO4S/c25-19-13-11-17(12-14-19)22-15-20(26)16-24(27,18-7-3-1-4-8-18)23(22)30(28,29)21-9-5-2-6-10-21/h1-14,22-23,27H,15-16H2/t22-,23-,24-/m0/s1. The average molecular weight is 441 g/mol. The van der Waals surface area contributed by atoms with Crippen LogP contribution < -0.4 is 0 Å². The van der Waals surface area contributed by atoms with Gasteiger partial charge in [0.25, 0.3) is 0 Å². The summed E-state index contributed by atoms with van der Waals surface area (Å²) in [5.41, 5.74) is -0.775. The summed E-state index contributed by atoms with van der Waals surface area (Å²) in [6.07, 6.45) is -0.217. The zero-order chi connectivity index (χ0) is 21.4. The first-order chi connectivity index (χ1) is 14.3. The minimum atomic E-state index is -3.98. The Labute approximate surface area is 181 Å². The second-order valence-corrected chi connectivity index (χ2v) is 10.2. The highest BCUT2D eigenvalue weighted by Crippen LogP contribution is 2.48. The summed E-state index contributed by atoms with van der Waals surface area (Å²) in [4.78, 5) is 12.9. The third-order valence-corrected chi connectivity index (χ3v) is 8.30. The average Bonchev–Trinajstić information content (AvgIpc) is 2.75. The van der Waals surface area contributed by atoms with Crippen LogP contribution in [0.5, 0.6) is 0 Å². The summed E-state index contributed by atoms with van der Waals surface area (Å²) in [6, 6.07) is 23.5. The molecular weight excluding hydrogens is 420 g/mol. The van der Waals surface area contributed by atoms with E-state index in [4.69, 9.17) is 11.6 Å². The molecule has 0 radical (unpaired) electrons. The van der Waals surface area contributed by atoms with E-state index < -0.39 is 26.6 Å². The molecule has 1 saturated carbocycles. The van der Waals surface area contributed by atoms with E-state index in [1.54, 1.807) is 72.8 Å². The van der Waals surface area contributed by atoms with Gasteiger partial charge >= 0.3 is 0 Å². The molecule has 0 amide bonds.